The molecule has 1 fully saturated rings. The van der Waals surface area contributed by atoms with Gasteiger partial charge < -0.3 is 10.4 Å². The van der Waals surface area contributed by atoms with Gasteiger partial charge in [0.05, 0.1) is 12.7 Å². The van der Waals surface area contributed by atoms with Crippen molar-refractivity contribution in [3.05, 3.63) is 76.5 Å². The van der Waals surface area contributed by atoms with Crippen LogP contribution in [0.2, 0.25) is 0 Å². The van der Waals surface area contributed by atoms with Crippen LogP contribution in [0.5, 0.6) is 5.75 Å². The average Bonchev–Trinajstić information content (AvgIpc) is 3.26. The van der Waals surface area contributed by atoms with Crippen molar-refractivity contribution in [2.75, 3.05) is 7.05 Å². The van der Waals surface area contributed by atoms with Gasteiger partial charge in [-0.3, -0.25) is 19.3 Å². The summed E-state index contributed by atoms with van der Waals surface area (Å²) in [4.78, 5) is 28.3. The molecule has 0 spiro atoms. The van der Waals surface area contributed by atoms with Gasteiger partial charge in [-0.2, -0.15) is 5.10 Å². The van der Waals surface area contributed by atoms with Crippen molar-refractivity contribution in [3.8, 4) is 16.9 Å². The smallest absolute Gasteiger partial charge is 0.275 e. The van der Waals surface area contributed by atoms with Gasteiger partial charge in [0.25, 0.3) is 11.3 Å². The van der Waals surface area contributed by atoms with Gasteiger partial charge in [0.1, 0.15) is 0 Å². The van der Waals surface area contributed by atoms with Crippen LogP contribution < -0.4 is 10.7 Å². The first-order valence-corrected chi connectivity index (χ1v) is 10.1. The quantitative estimate of drug-likeness (QED) is 0.682. The summed E-state index contributed by atoms with van der Waals surface area (Å²) in [5, 5.41) is 16.7. The van der Waals surface area contributed by atoms with E-state index in [1.165, 1.54) is 23.5 Å². The molecule has 0 saturated heterocycles. The number of nitrogens with zero attached hydrogens (tertiary/aromatic N) is 3. The summed E-state index contributed by atoms with van der Waals surface area (Å²) in [6, 6.07) is 12.4. The van der Waals surface area contributed by atoms with E-state index in [4.69, 9.17) is 0 Å². The van der Waals surface area contributed by atoms with E-state index in [9.17, 15) is 14.7 Å². The fourth-order valence-corrected chi connectivity index (χ4v) is 4.32. The van der Waals surface area contributed by atoms with Gasteiger partial charge in [0.2, 0.25) is 0 Å². The topological polar surface area (TPSA) is 97.1 Å². The highest BCUT2D eigenvalue weighted by Gasteiger charge is 2.36. The standard InChI is InChI=1S/C23H24N4O3/c1-24-22(30)20-21(29)19(28)14-27(26-20)15-23(10-2-3-11-23)18-8-6-16(7-9-18)17-5-4-12-25-13-17/h4-9,12-14,28H,2-3,10-11,15H2,1H3,(H,24,30). The highest BCUT2D eigenvalue weighted by atomic mass is 16.3. The fraction of sp³-hybridized carbons (Fsp3) is 0.304. The van der Waals surface area contributed by atoms with E-state index in [-0.39, 0.29) is 11.1 Å². The van der Waals surface area contributed by atoms with Crippen molar-refractivity contribution < 1.29 is 9.90 Å². The van der Waals surface area contributed by atoms with Gasteiger partial charge in [0.15, 0.2) is 11.4 Å². The average molecular weight is 404 g/mol. The molecule has 0 unspecified atom stereocenters. The molecule has 1 amide bonds. The Bertz CT molecular complexity index is 1100. The maximum absolute atomic E-state index is 12.1. The highest BCUT2D eigenvalue weighted by molar-refractivity contribution is 5.92. The van der Waals surface area contributed by atoms with E-state index < -0.39 is 17.1 Å². The predicted molar refractivity (Wildman–Crippen MR) is 113 cm³/mol. The van der Waals surface area contributed by atoms with Crippen molar-refractivity contribution in [1.29, 1.82) is 0 Å². The van der Waals surface area contributed by atoms with Gasteiger partial charge in [-0.15, -0.1) is 0 Å². The maximum atomic E-state index is 12.1. The number of hydrogen-bond acceptors (Lipinski definition) is 5. The largest absolute Gasteiger partial charge is 0.503 e. The third-order valence-corrected chi connectivity index (χ3v) is 5.91. The minimum atomic E-state index is -0.758. The lowest BCUT2D eigenvalue weighted by atomic mass is 9.78. The summed E-state index contributed by atoms with van der Waals surface area (Å²) in [5.74, 6) is -1.07. The summed E-state index contributed by atoms with van der Waals surface area (Å²) in [6.45, 7) is 0.483. The monoisotopic (exact) mass is 404 g/mol. The molecule has 1 aliphatic rings. The molecule has 0 atom stereocenters. The predicted octanol–water partition coefficient (Wildman–Crippen LogP) is 2.88. The lowest BCUT2D eigenvalue weighted by Gasteiger charge is -2.30. The lowest BCUT2D eigenvalue weighted by molar-refractivity contribution is 0.0953. The van der Waals surface area contributed by atoms with E-state index in [2.05, 4.69) is 39.7 Å². The zero-order chi connectivity index (χ0) is 21.1. The van der Waals surface area contributed by atoms with Crippen molar-refractivity contribution >= 4 is 5.91 Å². The number of aromatic nitrogens is 3. The van der Waals surface area contributed by atoms with Crippen LogP contribution in [-0.4, -0.2) is 32.8 Å². The van der Waals surface area contributed by atoms with Crippen LogP contribution in [0.3, 0.4) is 0 Å². The van der Waals surface area contributed by atoms with Crippen molar-refractivity contribution in [2.45, 2.75) is 37.6 Å². The molecular weight excluding hydrogens is 380 g/mol. The molecule has 0 radical (unpaired) electrons. The molecule has 7 heteroatoms. The Balaban J connectivity index is 1.68. The zero-order valence-electron chi connectivity index (χ0n) is 16.8. The van der Waals surface area contributed by atoms with Gasteiger partial charge in [-0.1, -0.05) is 43.2 Å². The summed E-state index contributed by atoms with van der Waals surface area (Å²) >= 11 is 0. The number of aromatic hydroxyl groups is 1. The molecule has 2 aromatic heterocycles. The number of carbonyl (C=O) groups excluding carboxylic acids is 1. The van der Waals surface area contributed by atoms with E-state index in [1.54, 1.807) is 6.20 Å². The summed E-state index contributed by atoms with van der Waals surface area (Å²) in [7, 11) is 1.43. The van der Waals surface area contributed by atoms with Crippen LogP contribution in [-0.2, 0) is 12.0 Å². The minimum Gasteiger partial charge on any atom is -0.503 e. The normalized spacial score (nSPS) is 15.1. The Labute approximate surface area is 174 Å². The number of pyridine rings is 1. The molecule has 1 aromatic carbocycles. The van der Waals surface area contributed by atoms with Crippen molar-refractivity contribution in [2.24, 2.45) is 0 Å². The molecule has 2 heterocycles. The summed E-state index contributed by atoms with van der Waals surface area (Å²) in [5.41, 5.74) is 2.13. The highest BCUT2D eigenvalue weighted by Crippen LogP contribution is 2.43. The summed E-state index contributed by atoms with van der Waals surface area (Å²) in [6.07, 6.45) is 9.06. The van der Waals surface area contributed by atoms with Gasteiger partial charge in [0, 0.05) is 24.9 Å². The van der Waals surface area contributed by atoms with Crippen LogP contribution in [0, 0.1) is 0 Å². The summed E-state index contributed by atoms with van der Waals surface area (Å²) < 4.78 is 1.53. The number of nitrogens with one attached hydrogen (secondary N) is 1. The third-order valence-electron chi connectivity index (χ3n) is 5.91. The zero-order valence-corrected chi connectivity index (χ0v) is 16.8. The Morgan fingerprint density at radius 2 is 1.90 bits per heavy atom. The molecule has 0 bridgehead atoms. The molecule has 1 aliphatic carbocycles. The Morgan fingerprint density at radius 1 is 1.17 bits per heavy atom. The van der Waals surface area contributed by atoms with E-state index >= 15 is 0 Å². The molecule has 4 rings (SSSR count). The molecular formula is C23H24N4O3. The second-order valence-electron chi connectivity index (χ2n) is 7.78. The number of hydrogen-bond donors (Lipinski definition) is 2. The minimum absolute atomic E-state index is 0.165. The molecule has 7 nitrogen and oxygen atoms in total. The first-order chi connectivity index (χ1) is 14.5. The second-order valence-corrected chi connectivity index (χ2v) is 7.78. The molecule has 0 aliphatic heterocycles. The first kappa shape index (κ1) is 19.8. The molecule has 1 saturated carbocycles. The van der Waals surface area contributed by atoms with Crippen LogP contribution >= 0.6 is 0 Å². The van der Waals surface area contributed by atoms with E-state index in [1.807, 2.05) is 18.3 Å². The first-order valence-electron chi connectivity index (χ1n) is 10.1. The molecule has 30 heavy (non-hydrogen) atoms. The Hall–Kier alpha value is -3.48. The lowest BCUT2D eigenvalue weighted by Crippen LogP contribution is -2.33. The van der Waals surface area contributed by atoms with Crippen LogP contribution in [0.25, 0.3) is 11.1 Å². The number of benzene rings is 1. The number of carbonyl (C=O) groups is 1. The van der Waals surface area contributed by atoms with Gasteiger partial charge in [-0.05, 0) is 35.6 Å². The van der Waals surface area contributed by atoms with Gasteiger partial charge in [-0.25, -0.2) is 0 Å². The van der Waals surface area contributed by atoms with Crippen LogP contribution in [0.1, 0.15) is 41.7 Å². The van der Waals surface area contributed by atoms with E-state index in [0.29, 0.717) is 6.54 Å². The molecule has 154 valence electrons. The maximum Gasteiger partial charge on any atom is 0.275 e. The third kappa shape index (κ3) is 3.70. The van der Waals surface area contributed by atoms with Crippen molar-refractivity contribution in [1.82, 2.24) is 20.1 Å². The molecule has 2 N–H and O–H groups in total. The van der Waals surface area contributed by atoms with E-state index in [0.717, 1.165) is 36.8 Å². The SMILES string of the molecule is CNC(=O)c1nn(CC2(c3ccc(-c4cccnc4)cc3)CCCC2)cc(O)c1=O. The van der Waals surface area contributed by atoms with Crippen LogP contribution in [0.4, 0.5) is 0 Å². The number of amides is 1. The fourth-order valence-electron chi connectivity index (χ4n) is 4.32. The molecule has 3 aromatic rings. The van der Waals surface area contributed by atoms with Crippen molar-refractivity contribution in [3.63, 3.8) is 0 Å². The Morgan fingerprint density at radius 3 is 2.53 bits per heavy atom. The number of rotatable bonds is 5. The second kappa shape index (κ2) is 8.10. The Kier molecular flexibility index (Phi) is 5.35. The van der Waals surface area contributed by atoms with Gasteiger partial charge >= 0.3 is 0 Å². The van der Waals surface area contributed by atoms with Crippen LogP contribution in [0.15, 0.2) is 59.8 Å².